The smallest absolute Gasteiger partial charge is 0.143 e. The lowest BCUT2D eigenvalue weighted by molar-refractivity contribution is 0.385. The summed E-state index contributed by atoms with van der Waals surface area (Å²) < 4.78 is 12.9. The summed E-state index contributed by atoms with van der Waals surface area (Å²) in [6.45, 7) is 2.13. The van der Waals surface area contributed by atoms with E-state index < -0.39 is 6.17 Å². The fourth-order valence-corrected chi connectivity index (χ4v) is 7.38. The summed E-state index contributed by atoms with van der Waals surface area (Å²) in [6.07, 6.45) is -0.525. The molecule has 0 aliphatic heterocycles. The summed E-state index contributed by atoms with van der Waals surface area (Å²) in [5.74, 6) is 0.811. The van der Waals surface area contributed by atoms with Crippen LogP contribution in [0, 0.1) is 0 Å². The van der Waals surface area contributed by atoms with Crippen molar-refractivity contribution in [2.45, 2.75) is 19.1 Å². The van der Waals surface area contributed by atoms with Crippen molar-refractivity contribution < 1.29 is 8.83 Å². The third-order valence-corrected chi connectivity index (χ3v) is 10.2. The molecule has 5 heteroatoms. The normalized spacial score (nSPS) is 13.2. The predicted octanol–water partition coefficient (Wildman–Crippen LogP) is 11.9. The highest BCUT2D eigenvalue weighted by atomic mass is 16.3. The minimum atomic E-state index is -0.525. The van der Waals surface area contributed by atoms with Crippen LogP contribution in [0.15, 0.2) is 178 Å². The predicted molar refractivity (Wildman–Crippen MR) is 214 cm³/mol. The first kappa shape index (κ1) is 31.5. The van der Waals surface area contributed by atoms with E-state index in [1.54, 1.807) is 0 Å². The van der Waals surface area contributed by atoms with E-state index in [0.29, 0.717) is 0 Å². The van der Waals surface area contributed by atoms with Gasteiger partial charge in [0.2, 0.25) is 0 Å². The molecule has 0 aliphatic rings. The zero-order valence-electron chi connectivity index (χ0n) is 29.0. The Morgan fingerprint density at radius 3 is 2.02 bits per heavy atom. The molecule has 0 spiro atoms. The van der Waals surface area contributed by atoms with Gasteiger partial charge in [-0.2, -0.15) is 0 Å². The molecule has 2 N–H and O–H groups in total. The number of hydrogen-bond donors (Lipinski definition) is 1. The van der Waals surface area contributed by atoms with Crippen LogP contribution in [0.5, 0.6) is 0 Å². The topological polar surface area (TPSA) is 67.9 Å². The molecule has 52 heavy (non-hydrogen) atoms. The molecular formula is C47H37N3O2. The molecule has 7 aromatic carbocycles. The molecule has 0 saturated carbocycles. The van der Waals surface area contributed by atoms with Gasteiger partial charge in [0.05, 0.1) is 6.04 Å². The molecule has 9 aromatic rings. The third-order valence-electron chi connectivity index (χ3n) is 10.2. The maximum atomic E-state index is 7.28. The molecule has 2 unspecified atom stereocenters. The fourth-order valence-electron chi connectivity index (χ4n) is 7.38. The summed E-state index contributed by atoms with van der Waals surface area (Å²) in [4.78, 5) is 7.41. The van der Waals surface area contributed by atoms with Crippen molar-refractivity contribution in [3.05, 3.63) is 180 Å². The first-order chi connectivity index (χ1) is 25.5. The van der Waals surface area contributed by atoms with E-state index in [4.69, 9.17) is 19.6 Å². The highest BCUT2D eigenvalue weighted by Crippen LogP contribution is 2.40. The Bertz CT molecular complexity index is 2730. The van der Waals surface area contributed by atoms with E-state index in [1.807, 2.05) is 55.6 Å². The van der Waals surface area contributed by atoms with Crippen molar-refractivity contribution in [3.8, 4) is 22.3 Å². The van der Waals surface area contributed by atoms with Gasteiger partial charge < -0.3 is 19.5 Å². The van der Waals surface area contributed by atoms with Crippen LogP contribution in [0.25, 0.3) is 66.1 Å². The van der Waals surface area contributed by atoms with E-state index in [9.17, 15) is 0 Å². The Hall–Kier alpha value is -6.43. The van der Waals surface area contributed by atoms with Crippen LogP contribution in [-0.4, -0.2) is 17.8 Å². The Labute approximate surface area is 302 Å². The highest BCUT2D eigenvalue weighted by molar-refractivity contribution is 6.12. The number of benzene rings is 7. The van der Waals surface area contributed by atoms with Gasteiger partial charge in [0, 0.05) is 45.3 Å². The minimum absolute atomic E-state index is 0.0892. The van der Waals surface area contributed by atoms with Crippen molar-refractivity contribution in [1.29, 1.82) is 0 Å². The third kappa shape index (κ3) is 5.52. The van der Waals surface area contributed by atoms with Gasteiger partial charge in [-0.3, -0.25) is 4.99 Å². The van der Waals surface area contributed by atoms with Crippen LogP contribution in [0.3, 0.4) is 0 Å². The summed E-state index contributed by atoms with van der Waals surface area (Å²) in [6, 6.07) is 56.3. The van der Waals surface area contributed by atoms with Crippen LogP contribution in [0.1, 0.15) is 35.8 Å². The molecule has 252 valence electrons. The van der Waals surface area contributed by atoms with Crippen molar-refractivity contribution >= 4 is 49.7 Å². The fraction of sp³-hybridized carbons (Fsp3) is 0.0851. The lowest BCUT2D eigenvalue weighted by Gasteiger charge is -2.30. The van der Waals surface area contributed by atoms with Crippen molar-refractivity contribution in [3.63, 3.8) is 0 Å². The number of hydrogen-bond acceptors (Lipinski definition) is 4. The van der Waals surface area contributed by atoms with Gasteiger partial charge in [0.25, 0.3) is 0 Å². The molecule has 0 aliphatic carbocycles. The summed E-state index contributed by atoms with van der Waals surface area (Å²) >= 11 is 0. The number of fused-ring (bicyclic) bond motifs is 6. The zero-order chi connectivity index (χ0) is 35.2. The molecule has 5 nitrogen and oxygen atoms in total. The first-order valence-corrected chi connectivity index (χ1v) is 17.7. The van der Waals surface area contributed by atoms with Crippen LogP contribution in [0.4, 0.5) is 0 Å². The van der Waals surface area contributed by atoms with Gasteiger partial charge in [-0.15, -0.1) is 0 Å². The molecule has 2 aromatic heterocycles. The second kappa shape index (κ2) is 13.0. The average molecular weight is 676 g/mol. The van der Waals surface area contributed by atoms with Crippen LogP contribution in [-0.2, 0) is 0 Å². The van der Waals surface area contributed by atoms with Gasteiger partial charge in [0.1, 0.15) is 34.3 Å². The van der Waals surface area contributed by atoms with Gasteiger partial charge in [-0.25, -0.2) is 0 Å². The molecule has 0 bridgehead atoms. The molecule has 2 atom stereocenters. The number of amidine groups is 1. The zero-order valence-corrected chi connectivity index (χ0v) is 29.0. The monoisotopic (exact) mass is 675 g/mol. The molecule has 9 rings (SSSR count). The Kier molecular flexibility index (Phi) is 7.91. The second-order valence-electron chi connectivity index (χ2n) is 13.4. The molecule has 0 saturated heterocycles. The van der Waals surface area contributed by atoms with Crippen molar-refractivity contribution in [2.24, 2.45) is 10.7 Å². The minimum Gasteiger partial charge on any atom is -0.456 e. The number of nitrogens with two attached hydrogens (primary N) is 1. The SMILES string of the molecule is CC(N=C(c1ccc(-c2ccccc2)cc1)N(C)C(N)c1cccc2oc3ccc(-c4cccc5c4oc4ccccc45)cc3c12)c1ccccc1. The van der Waals surface area contributed by atoms with E-state index in [0.717, 1.165) is 83.1 Å². The van der Waals surface area contributed by atoms with Crippen molar-refractivity contribution in [2.75, 3.05) is 7.05 Å². The number of rotatable bonds is 7. The van der Waals surface area contributed by atoms with Gasteiger partial charge in [0.15, 0.2) is 0 Å². The standard InChI is InChI=1S/C47H37N3O2/c1-30(31-13-5-3-6-14-31)49-47(34-25-23-33(24-26-34)32-15-7-4-8-16-32)50(2)46(48)39-20-12-22-43-44(39)40-29-35(27-28-42(40)51-43)36-18-11-19-38-37-17-9-10-21-41(37)52-45(36)38/h3-30,46H,48H2,1-2H3. The van der Waals surface area contributed by atoms with E-state index >= 15 is 0 Å². The quantitative estimate of drug-likeness (QED) is 0.104. The average Bonchev–Trinajstić information content (AvgIpc) is 3.78. The van der Waals surface area contributed by atoms with Gasteiger partial charge in [-0.1, -0.05) is 140 Å². The Morgan fingerprint density at radius 1 is 0.577 bits per heavy atom. The van der Waals surface area contributed by atoms with Crippen LogP contribution < -0.4 is 5.73 Å². The van der Waals surface area contributed by atoms with Gasteiger partial charge in [-0.05, 0) is 53.4 Å². The summed E-state index contributed by atoms with van der Waals surface area (Å²) in [5.41, 5.74) is 18.1. The van der Waals surface area contributed by atoms with E-state index in [1.165, 1.54) is 5.56 Å². The van der Waals surface area contributed by atoms with Crippen molar-refractivity contribution in [1.82, 2.24) is 4.90 Å². The van der Waals surface area contributed by atoms with E-state index in [2.05, 4.69) is 127 Å². The lowest BCUT2D eigenvalue weighted by atomic mass is 9.98. The number of nitrogens with zero attached hydrogens (tertiary/aromatic N) is 2. The Balaban J connectivity index is 1.14. The van der Waals surface area contributed by atoms with Crippen LogP contribution in [0.2, 0.25) is 0 Å². The van der Waals surface area contributed by atoms with E-state index in [-0.39, 0.29) is 6.04 Å². The Morgan fingerprint density at radius 2 is 1.21 bits per heavy atom. The highest BCUT2D eigenvalue weighted by Gasteiger charge is 2.24. The maximum absolute atomic E-state index is 7.28. The molecule has 2 heterocycles. The van der Waals surface area contributed by atoms with Crippen LogP contribution >= 0.6 is 0 Å². The molecule has 0 radical (unpaired) electrons. The molecule has 0 amide bonds. The number of furan rings is 2. The van der Waals surface area contributed by atoms with Gasteiger partial charge >= 0.3 is 0 Å². The second-order valence-corrected chi connectivity index (χ2v) is 13.4. The lowest BCUT2D eigenvalue weighted by Crippen LogP contribution is -2.37. The summed E-state index contributed by atoms with van der Waals surface area (Å²) in [7, 11) is 2.03. The number of para-hydroxylation sites is 2. The number of aliphatic imine (C=N–C) groups is 1. The largest absolute Gasteiger partial charge is 0.456 e. The summed E-state index contributed by atoms with van der Waals surface area (Å²) in [5, 5.41) is 4.20. The maximum Gasteiger partial charge on any atom is 0.143 e. The molecular weight excluding hydrogens is 639 g/mol. The first-order valence-electron chi connectivity index (χ1n) is 17.7. The molecule has 0 fully saturated rings.